The molecule has 0 saturated heterocycles. The Morgan fingerprint density at radius 3 is 2.31 bits per heavy atom. The van der Waals surface area contributed by atoms with E-state index >= 15 is 0 Å². The second-order valence-electron chi connectivity index (χ2n) is 2.91. The van der Waals surface area contributed by atoms with E-state index in [9.17, 15) is 8.42 Å². The Balaban J connectivity index is 0.00000106. The molecule has 1 aromatic heterocycles. The minimum Gasteiger partial charge on any atom is -0.377 e. The molecule has 0 saturated carbocycles. The Labute approximate surface area is 97.6 Å². The number of hydrogen-bond acceptors (Lipinski definition) is 4. The predicted octanol–water partition coefficient (Wildman–Crippen LogP) is 2.05. The van der Waals surface area contributed by atoms with Gasteiger partial charge in [-0.1, -0.05) is 19.9 Å². The molecule has 1 rings (SSSR count). The maximum Gasteiger partial charge on any atom is 0.192 e. The molecule has 0 radical (unpaired) electrons. The van der Waals surface area contributed by atoms with Crippen molar-refractivity contribution >= 4 is 9.84 Å². The molecule has 0 spiro atoms. The summed E-state index contributed by atoms with van der Waals surface area (Å²) in [6.45, 7) is 7.00. The highest BCUT2D eigenvalue weighted by molar-refractivity contribution is 7.90. The smallest absolute Gasteiger partial charge is 0.192 e. The zero-order valence-electron chi connectivity index (χ0n) is 10.2. The fourth-order valence-corrected chi connectivity index (χ4v) is 1.49. The van der Waals surface area contributed by atoms with Crippen LogP contribution in [0.5, 0.6) is 0 Å². The van der Waals surface area contributed by atoms with Crippen molar-refractivity contribution < 1.29 is 13.2 Å². The van der Waals surface area contributed by atoms with Gasteiger partial charge < -0.3 is 4.74 Å². The summed E-state index contributed by atoms with van der Waals surface area (Å²) >= 11 is 0. The Hall–Kier alpha value is -0.940. The lowest BCUT2D eigenvalue weighted by atomic mass is 10.3. The van der Waals surface area contributed by atoms with Crippen molar-refractivity contribution in [3.05, 3.63) is 23.9 Å². The molecule has 92 valence electrons. The first-order valence-corrected chi connectivity index (χ1v) is 7.16. The van der Waals surface area contributed by atoms with E-state index in [4.69, 9.17) is 4.74 Å². The largest absolute Gasteiger partial charge is 0.377 e. The average molecular weight is 245 g/mol. The second-order valence-corrected chi connectivity index (χ2v) is 4.88. The number of rotatable bonds is 4. The normalized spacial score (nSPS) is 10.5. The molecule has 4 nitrogen and oxygen atoms in total. The monoisotopic (exact) mass is 245 g/mol. The van der Waals surface area contributed by atoms with Gasteiger partial charge in [0.1, 0.15) is 0 Å². The van der Waals surface area contributed by atoms with Gasteiger partial charge in [0, 0.05) is 19.1 Å². The van der Waals surface area contributed by atoms with Crippen LogP contribution in [0.1, 0.15) is 26.3 Å². The summed E-state index contributed by atoms with van der Waals surface area (Å²) in [6, 6.07) is 3.20. The molecular formula is C11H19NO3S. The van der Waals surface area contributed by atoms with Crippen LogP contribution in [0.15, 0.2) is 23.4 Å². The maximum absolute atomic E-state index is 11.1. The third kappa shape index (κ3) is 5.23. The Morgan fingerprint density at radius 2 is 1.94 bits per heavy atom. The van der Waals surface area contributed by atoms with E-state index in [-0.39, 0.29) is 5.03 Å². The van der Waals surface area contributed by atoms with Gasteiger partial charge in [0.2, 0.25) is 0 Å². The van der Waals surface area contributed by atoms with E-state index in [1.807, 2.05) is 20.8 Å². The van der Waals surface area contributed by atoms with E-state index in [1.165, 1.54) is 12.3 Å². The zero-order chi connectivity index (χ0) is 12.6. The molecule has 0 aliphatic rings. The van der Waals surface area contributed by atoms with Crippen molar-refractivity contribution in [2.75, 3.05) is 12.9 Å². The van der Waals surface area contributed by atoms with Crippen molar-refractivity contribution in [1.82, 2.24) is 4.98 Å². The van der Waals surface area contributed by atoms with E-state index in [0.29, 0.717) is 13.2 Å². The lowest BCUT2D eigenvalue weighted by Gasteiger charge is -2.01. The summed E-state index contributed by atoms with van der Waals surface area (Å²) in [5.74, 6) is 0. The van der Waals surface area contributed by atoms with Crippen LogP contribution < -0.4 is 0 Å². The molecule has 1 heterocycles. The van der Waals surface area contributed by atoms with Crippen LogP contribution in [0.3, 0.4) is 0 Å². The maximum atomic E-state index is 11.1. The standard InChI is InChI=1S/C9H13NO3S.C2H6/c1-3-13-7-8-4-5-9(10-6-8)14(2,11)12;1-2/h4-6H,3,7H2,1-2H3;1-2H3. The lowest BCUT2D eigenvalue weighted by Crippen LogP contribution is -2.01. The summed E-state index contributed by atoms with van der Waals surface area (Å²) in [7, 11) is -3.19. The van der Waals surface area contributed by atoms with Gasteiger partial charge in [-0.15, -0.1) is 0 Å². The van der Waals surface area contributed by atoms with Crippen LogP contribution >= 0.6 is 0 Å². The number of hydrogen-bond donors (Lipinski definition) is 0. The number of aromatic nitrogens is 1. The quantitative estimate of drug-likeness (QED) is 0.814. The lowest BCUT2D eigenvalue weighted by molar-refractivity contribution is 0.134. The predicted molar refractivity (Wildman–Crippen MR) is 64.0 cm³/mol. The minimum atomic E-state index is -3.19. The van der Waals surface area contributed by atoms with E-state index < -0.39 is 9.84 Å². The SMILES string of the molecule is CC.CCOCc1ccc(S(C)(=O)=O)nc1. The molecular weight excluding hydrogens is 226 g/mol. The van der Waals surface area contributed by atoms with Gasteiger partial charge in [0.15, 0.2) is 14.9 Å². The van der Waals surface area contributed by atoms with Crippen molar-refractivity contribution in [2.45, 2.75) is 32.4 Å². The van der Waals surface area contributed by atoms with Crippen LogP contribution in [0.2, 0.25) is 0 Å². The van der Waals surface area contributed by atoms with Crippen LogP contribution in [-0.2, 0) is 21.2 Å². The van der Waals surface area contributed by atoms with Gasteiger partial charge in [0.05, 0.1) is 6.61 Å². The fourth-order valence-electron chi connectivity index (χ4n) is 0.936. The van der Waals surface area contributed by atoms with Gasteiger partial charge in [-0.25, -0.2) is 13.4 Å². The molecule has 0 amide bonds. The molecule has 0 aliphatic heterocycles. The highest BCUT2D eigenvalue weighted by Crippen LogP contribution is 2.06. The van der Waals surface area contributed by atoms with Gasteiger partial charge in [-0.05, 0) is 18.6 Å². The fraction of sp³-hybridized carbons (Fsp3) is 0.545. The summed E-state index contributed by atoms with van der Waals surface area (Å²) in [4.78, 5) is 3.83. The van der Waals surface area contributed by atoms with E-state index in [2.05, 4.69) is 4.98 Å². The van der Waals surface area contributed by atoms with Crippen LogP contribution in [0, 0.1) is 0 Å². The first-order chi connectivity index (χ1) is 7.54. The molecule has 0 atom stereocenters. The van der Waals surface area contributed by atoms with Gasteiger partial charge >= 0.3 is 0 Å². The van der Waals surface area contributed by atoms with E-state index in [0.717, 1.165) is 11.8 Å². The summed E-state index contributed by atoms with van der Waals surface area (Å²) in [5, 5.41) is 0.0951. The first-order valence-electron chi connectivity index (χ1n) is 5.26. The number of pyridine rings is 1. The first kappa shape index (κ1) is 15.1. The highest BCUT2D eigenvalue weighted by atomic mass is 32.2. The molecule has 0 aliphatic carbocycles. The molecule has 5 heteroatoms. The van der Waals surface area contributed by atoms with Gasteiger partial charge in [0.25, 0.3) is 0 Å². The Morgan fingerprint density at radius 1 is 1.31 bits per heavy atom. The molecule has 0 bridgehead atoms. The number of ether oxygens (including phenoxy) is 1. The van der Waals surface area contributed by atoms with Gasteiger partial charge in [-0.2, -0.15) is 0 Å². The average Bonchev–Trinajstić information content (AvgIpc) is 2.28. The third-order valence-electron chi connectivity index (χ3n) is 1.65. The third-order valence-corrected chi connectivity index (χ3v) is 2.65. The summed E-state index contributed by atoms with van der Waals surface area (Å²) in [6.07, 6.45) is 2.66. The molecule has 0 aromatic carbocycles. The van der Waals surface area contributed by atoms with Crippen molar-refractivity contribution in [2.24, 2.45) is 0 Å². The number of sulfone groups is 1. The van der Waals surface area contributed by atoms with Crippen molar-refractivity contribution in [3.63, 3.8) is 0 Å². The second kappa shape index (κ2) is 7.35. The summed E-state index contributed by atoms with van der Waals surface area (Å²) < 4.78 is 27.3. The molecule has 1 aromatic rings. The minimum absolute atomic E-state index is 0.0951. The van der Waals surface area contributed by atoms with Crippen LogP contribution in [0.25, 0.3) is 0 Å². The molecule has 0 unspecified atom stereocenters. The molecule has 16 heavy (non-hydrogen) atoms. The zero-order valence-corrected chi connectivity index (χ0v) is 11.0. The Bertz CT molecular complexity index is 384. The Kier molecular flexibility index (Phi) is 6.92. The van der Waals surface area contributed by atoms with Crippen molar-refractivity contribution in [3.8, 4) is 0 Å². The molecule has 0 N–H and O–H groups in total. The molecule has 0 fully saturated rings. The topological polar surface area (TPSA) is 56.3 Å². The highest BCUT2D eigenvalue weighted by Gasteiger charge is 2.07. The number of nitrogens with zero attached hydrogens (tertiary/aromatic N) is 1. The summed E-state index contributed by atoms with van der Waals surface area (Å²) in [5.41, 5.74) is 0.874. The van der Waals surface area contributed by atoms with Crippen LogP contribution in [0.4, 0.5) is 0 Å². The van der Waals surface area contributed by atoms with E-state index in [1.54, 1.807) is 6.07 Å². The van der Waals surface area contributed by atoms with Crippen LogP contribution in [-0.4, -0.2) is 26.3 Å². The van der Waals surface area contributed by atoms with Gasteiger partial charge in [-0.3, -0.25) is 0 Å². The van der Waals surface area contributed by atoms with Crippen molar-refractivity contribution in [1.29, 1.82) is 0 Å².